The van der Waals surface area contributed by atoms with Crippen molar-refractivity contribution in [2.75, 3.05) is 24.2 Å². The molecule has 0 saturated carbocycles. The minimum atomic E-state index is -0.152. The maximum absolute atomic E-state index is 5.90. The third-order valence-corrected chi connectivity index (χ3v) is 2.17. The Hall–Kier alpha value is -1.36. The van der Waals surface area contributed by atoms with Crippen LogP contribution in [0.15, 0.2) is 6.07 Å². The number of rotatable bonds is 5. The Kier molecular flexibility index (Phi) is 4.06. The van der Waals surface area contributed by atoms with Gasteiger partial charge in [-0.3, -0.25) is 0 Å². The predicted molar refractivity (Wildman–Crippen MR) is 67.7 cm³/mol. The Morgan fingerprint density at radius 3 is 2.50 bits per heavy atom. The average molecular weight is 223 g/mol. The van der Waals surface area contributed by atoms with E-state index < -0.39 is 0 Å². The molecule has 4 N–H and O–H groups in total. The summed E-state index contributed by atoms with van der Waals surface area (Å²) >= 11 is 0. The van der Waals surface area contributed by atoms with Crippen LogP contribution in [-0.2, 0) is 0 Å². The largest absolute Gasteiger partial charge is 0.373 e. The topological polar surface area (TPSA) is 75.9 Å². The van der Waals surface area contributed by atoms with Gasteiger partial charge in [-0.2, -0.15) is 0 Å². The minimum absolute atomic E-state index is 0.152. The molecule has 0 aromatic carbocycles. The number of aromatic nitrogens is 2. The van der Waals surface area contributed by atoms with Gasteiger partial charge in [-0.1, -0.05) is 0 Å². The summed E-state index contributed by atoms with van der Waals surface area (Å²) < 4.78 is 0. The molecule has 0 fully saturated rings. The van der Waals surface area contributed by atoms with Crippen LogP contribution in [-0.4, -0.2) is 29.1 Å². The Bertz CT molecular complexity index is 343. The van der Waals surface area contributed by atoms with Crippen LogP contribution in [0, 0.1) is 6.92 Å². The van der Waals surface area contributed by atoms with E-state index in [1.807, 2.05) is 33.9 Å². The van der Waals surface area contributed by atoms with E-state index in [-0.39, 0.29) is 5.54 Å². The Labute approximate surface area is 96.9 Å². The predicted octanol–water partition coefficient (Wildman–Crippen LogP) is 1.37. The van der Waals surface area contributed by atoms with Crippen molar-refractivity contribution in [1.29, 1.82) is 0 Å². The third kappa shape index (κ3) is 4.44. The van der Waals surface area contributed by atoms with E-state index in [1.165, 1.54) is 0 Å². The summed E-state index contributed by atoms with van der Waals surface area (Å²) in [5.74, 6) is 2.41. The smallest absolute Gasteiger partial charge is 0.131 e. The minimum Gasteiger partial charge on any atom is -0.373 e. The molecule has 5 nitrogen and oxygen atoms in total. The molecular weight excluding hydrogens is 202 g/mol. The molecule has 0 radical (unpaired) electrons. The monoisotopic (exact) mass is 223 g/mol. The zero-order chi connectivity index (χ0) is 12.2. The summed E-state index contributed by atoms with van der Waals surface area (Å²) in [7, 11) is 1.84. The molecule has 1 aromatic heterocycles. The van der Waals surface area contributed by atoms with Crippen LogP contribution < -0.4 is 16.4 Å². The maximum Gasteiger partial charge on any atom is 0.131 e. The van der Waals surface area contributed by atoms with Crippen molar-refractivity contribution < 1.29 is 0 Å². The number of nitrogens with two attached hydrogens (primary N) is 1. The highest BCUT2D eigenvalue weighted by atomic mass is 15.1. The van der Waals surface area contributed by atoms with Crippen molar-refractivity contribution in [3.05, 3.63) is 11.9 Å². The molecule has 5 heteroatoms. The van der Waals surface area contributed by atoms with E-state index in [0.29, 0.717) is 0 Å². The van der Waals surface area contributed by atoms with E-state index in [1.54, 1.807) is 0 Å². The number of nitrogens with one attached hydrogen (secondary N) is 2. The second-order valence-corrected chi connectivity index (χ2v) is 4.60. The molecule has 0 atom stereocenters. The summed E-state index contributed by atoms with van der Waals surface area (Å²) in [5, 5.41) is 6.24. The molecule has 0 amide bonds. The van der Waals surface area contributed by atoms with Crippen LogP contribution in [0.25, 0.3) is 0 Å². The molecule has 1 heterocycles. The van der Waals surface area contributed by atoms with Crippen molar-refractivity contribution in [2.45, 2.75) is 32.7 Å². The summed E-state index contributed by atoms with van der Waals surface area (Å²) in [6.45, 7) is 6.71. The highest BCUT2D eigenvalue weighted by molar-refractivity contribution is 5.47. The fourth-order valence-corrected chi connectivity index (χ4v) is 1.30. The van der Waals surface area contributed by atoms with Crippen molar-refractivity contribution in [1.82, 2.24) is 9.97 Å². The Balaban J connectivity index is 2.57. The standard InChI is InChI=1S/C11H21N5/c1-8-15-9(13-4)7-10(16-8)14-6-5-11(2,3)12/h7H,5-6,12H2,1-4H3,(H2,13,14,15,16). The fraction of sp³-hybridized carbons (Fsp3) is 0.636. The molecule has 0 spiro atoms. The lowest BCUT2D eigenvalue weighted by molar-refractivity contribution is 0.490. The lowest BCUT2D eigenvalue weighted by Gasteiger charge is -2.18. The lowest BCUT2D eigenvalue weighted by Crippen LogP contribution is -2.34. The molecule has 1 aromatic rings. The highest BCUT2D eigenvalue weighted by Crippen LogP contribution is 2.11. The quantitative estimate of drug-likeness (QED) is 0.703. The van der Waals surface area contributed by atoms with Gasteiger partial charge in [-0.15, -0.1) is 0 Å². The maximum atomic E-state index is 5.90. The number of hydrogen-bond donors (Lipinski definition) is 3. The summed E-state index contributed by atoms with van der Waals surface area (Å²) in [6, 6.07) is 1.89. The van der Waals surface area contributed by atoms with Gasteiger partial charge in [0.1, 0.15) is 17.5 Å². The van der Waals surface area contributed by atoms with Gasteiger partial charge >= 0.3 is 0 Å². The summed E-state index contributed by atoms with van der Waals surface area (Å²) in [6.07, 6.45) is 0.894. The van der Waals surface area contributed by atoms with Gasteiger partial charge in [0.05, 0.1) is 0 Å². The van der Waals surface area contributed by atoms with Crippen LogP contribution in [0.1, 0.15) is 26.1 Å². The number of aryl methyl sites for hydroxylation is 1. The van der Waals surface area contributed by atoms with Crippen molar-refractivity contribution in [3.8, 4) is 0 Å². The van der Waals surface area contributed by atoms with E-state index in [2.05, 4.69) is 20.6 Å². The molecule has 16 heavy (non-hydrogen) atoms. The molecule has 1 rings (SSSR count). The van der Waals surface area contributed by atoms with Crippen LogP contribution in [0.2, 0.25) is 0 Å². The first kappa shape index (κ1) is 12.7. The van der Waals surface area contributed by atoms with Crippen LogP contribution >= 0.6 is 0 Å². The number of hydrogen-bond acceptors (Lipinski definition) is 5. The van der Waals surface area contributed by atoms with E-state index in [9.17, 15) is 0 Å². The molecule has 0 aliphatic heterocycles. The lowest BCUT2D eigenvalue weighted by atomic mass is 10.0. The van der Waals surface area contributed by atoms with Gasteiger partial charge < -0.3 is 16.4 Å². The van der Waals surface area contributed by atoms with Crippen molar-refractivity contribution in [3.63, 3.8) is 0 Å². The van der Waals surface area contributed by atoms with E-state index in [0.717, 1.165) is 30.4 Å². The molecule has 0 saturated heterocycles. The first-order chi connectivity index (χ1) is 7.40. The number of nitrogens with zero attached hydrogens (tertiary/aromatic N) is 2. The summed E-state index contributed by atoms with van der Waals surface area (Å²) in [4.78, 5) is 8.52. The van der Waals surface area contributed by atoms with Gasteiger partial charge in [-0.05, 0) is 27.2 Å². The Morgan fingerprint density at radius 1 is 1.31 bits per heavy atom. The third-order valence-electron chi connectivity index (χ3n) is 2.17. The fourth-order valence-electron chi connectivity index (χ4n) is 1.30. The van der Waals surface area contributed by atoms with Gasteiger partial charge in [0.25, 0.3) is 0 Å². The zero-order valence-corrected chi connectivity index (χ0v) is 10.5. The average Bonchev–Trinajstić information content (AvgIpc) is 2.14. The first-order valence-corrected chi connectivity index (χ1v) is 5.47. The van der Waals surface area contributed by atoms with Crippen LogP contribution in [0.4, 0.5) is 11.6 Å². The van der Waals surface area contributed by atoms with Gasteiger partial charge in [0.2, 0.25) is 0 Å². The SMILES string of the molecule is CNc1cc(NCCC(C)(C)N)nc(C)n1. The molecule has 90 valence electrons. The van der Waals surface area contributed by atoms with Gasteiger partial charge in [-0.25, -0.2) is 9.97 Å². The molecule has 0 unspecified atom stereocenters. The van der Waals surface area contributed by atoms with Crippen molar-refractivity contribution in [2.24, 2.45) is 5.73 Å². The second-order valence-electron chi connectivity index (χ2n) is 4.60. The zero-order valence-electron chi connectivity index (χ0n) is 10.5. The highest BCUT2D eigenvalue weighted by Gasteiger charge is 2.09. The molecule has 0 aliphatic carbocycles. The van der Waals surface area contributed by atoms with E-state index in [4.69, 9.17) is 5.73 Å². The second kappa shape index (κ2) is 5.12. The normalized spacial score (nSPS) is 11.3. The van der Waals surface area contributed by atoms with Crippen LogP contribution in [0.3, 0.4) is 0 Å². The van der Waals surface area contributed by atoms with Crippen LogP contribution in [0.5, 0.6) is 0 Å². The van der Waals surface area contributed by atoms with Crippen molar-refractivity contribution >= 4 is 11.6 Å². The first-order valence-electron chi connectivity index (χ1n) is 5.47. The molecule has 0 bridgehead atoms. The summed E-state index contributed by atoms with van der Waals surface area (Å²) in [5.41, 5.74) is 5.75. The Morgan fingerprint density at radius 2 is 1.94 bits per heavy atom. The van der Waals surface area contributed by atoms with Gasteiger partial charge in [0.15, 0.2) is 0 Å². The van der Waals surface area contributed by atoms with E-state index >= 15 is 0 Å². The number of anilines is 2. The molecule has 0 aliphatic rings. The molecular formula is C11H21N5. The van der Waals surface area contributed by atoms with Gasteiger partial charge in [0, 0.05) is 25.2 Å².